The summed E-state index contributed by atoms with van der Waals surface area (Å²) in [7, 11) is 5.01. The van der Waals surface area contributed by atoms with Crippen LogP contribution in [0.15, 0.2) is 0 Å². The summed E-state index contributed by atoms with van der Waals surface area (Å²) in [6.07, 6.45) is 0.477. The minimum Gasteiger partial charge on any atom is -0.335 e. The third-order valence-electron chi connectivity index (χ3n) is 2.43. The van der Waals surface area contributed by atoms with Crippen LogP contribution in [-0.2, 0) is 0 Å². The van der Waals surface area contributed by atoms with E-state index in [-0.39, 0.29) is 24.3 Å². The minimum atomic E-state index is -0.233. The number of hydrogen-bond donors (Lipinski definition) is 2. The predicted molar refractivity (Wildman–Crippen MR) is 56.4 cm³/mol. The highest BCUT2D eigenvalue weighted by Crippen LogP contribution is 2.09. The van der Waals surface area contributed by atoms with E-state index in [2.05, 4.69) is 10.6 Å². The lowest BCUT2D eigenvalue weighted by Gasteiger charge is -2.37. The highest BCUT2D eigenvalue weighted by molar-refractivity contribution is 5.78. The highest BCUT2D eigenvalue weighted by atomic mass is 16.2. The first kappa shape index (κ1) is 11.6. The Kier molecular flexibility index (Phi) is 3.39. The highest BCUT2D eigenvalue weighted by Gasteiger charge is 2.29. The summed E-state index contributed by atoms with van der Waals surface area (Å²) >= 11 is 0. The van der Waals surface area contributed by atoms with Gasteiger partial charge in [0.25, 0.3) is 0 Å². The van der Waals surface area contributed by atoms with Crippen LogP contribution < -0.4 is 10.6 Å². The topological polar surface area (TPSA) is 64.7 Å². The average molecular weight is 214 g/mol. The van der Waals surface area contributed by atoms with Crippen molar-refractivity contribution in [2.24, 2.45) is 0 Å². The van der Waals surface area contributed by atoms with Crippen LogP contribution in [0.2, 0.25) is 0 Å². The molecule has 86 valence electrons. The first-order valence-electron chi connectivity index (χ1n) is 4.93. The molecule has 0 bridgehead atoms. The number of amides is 4. The van der Waals surface area contributed by atoms with Crippen LogP contribution in [0.4, 0.5) is 9.59 Å². The SMILES string of the molecule is C[C@H]1C[C@@H](NC(=O)N(C)C)N(C)C(=O)N1. The van der Waals surface area contributed by atoms with Gasteiger partial charge in [-0.15, -0.1) is 0 Å². The lowest BCUT2D eigenvalue weighted by molar-refractivity contribution is 0.140. The number of carbonyl (C=O) groups is 2. The maximum Gasteiger partial charge on any atom is 0.318 e. The third-order valence-corrected chi connectivity index (χ3v) is 2.43. The number of nitrogens with one attached hydrogen (secondary N) is 2. The van der Waals surface area contributed by atoms with Gasteiger partial charge in [0, 0.05) is 33.6 Å². The maximum absolute atomic E-state index is 11.4. The van der Waals surface area contributed by atoms with E-state index in [1.807, 2.05) is 6.92 Å². The second-order valence-corrected chi connectivity index (χ2v) is 4.06. The molecule has 2 N–H and O–H groups in total. The molecule has 6 nitrogen and oxygen atoms in total. The summed E-state index contributed by atoms with van der Waals surface area (Å²) in [4.78, 5) is 25.8. The van der Waals surface area contributed by atoms with Gasteiger partial charge in [0.05, 0.1) is 0 Å². The van der Waals surface area contributed by atoms with Gasteiger partial charge >= 0.3 is 12.1 Å². The molecule has 0 aromatic heterocycles. The van der Waals surface area contributed by atoms with Crippen molar-refractivity contribution in [2.75, 3.05) is 21.1 Å². The molecule has 2 atom stereocenters. The molecule has 0 aromatic rings. The lowest BCUT2D eigenvalue weighted by Crippen LogP contribution is -2.61. The molecule has 0 spiro atoms. The molecule has 1 aliphatic heterocycles. The van der Waals surface area contributed by atoms with E-state index in [1.54, 1.807) is 21.1 Å². The summed E-state index contributed by atoms with van der Waals surface area (Å²) < 4.78 is 0. The van der Waals surface area contributed by atoms with Gasteiger partial charge < -0.3 is 20.4 Å². The first-order chi connectivity index (χ1) is 6.91. The average Bonchev–Trinajstić information content (AvgIpc) is 2.13. The zero-order chi connectivity index (χ0) is 11.6. The summed E-state index contributed by atoms with van der Waals surface area (Å²) in [5, 5.41) is 5.56. The zero-order valence-electron chi connectivity index (χ0n) is 9.57. The van der Waals surface area contributed by atoms with E-state index in [4.69, 9.17) is 0 Å². The second kappa shape index (κ2) is 4.37. The number of rotatable bonds is 1. The fraction of sp³-hybridized carbons (Fsp3) is 0.778. The van der Waals surface area contributed by atoms with Crippen molar-refractivity contribution >= 4 is 12.1 Å². The summed E-state index contributed by atoms with van der Waals surface area (Å²) in [5.74, 6) is 0. The molecule has 0 unspecified atom stereocenters. The number of carbonyl (C=O) groups excluding carboxylic acids is 2. The molecular weight excluding hydrogens is 196 g/mol. The van der Waals surface area contributed by atoms with Crippen LogP contribution in [0.1, 0.15) is 13.3 Å². The molecule has 0 saturated carbocycles. The number of nitrogens with zero attached hydrogens (tertiary/aromatic N) is 2. The van der Waals surface area contributed by atoms with Crippen molar-refractivity contribution in [2.45, 2.75) is 25.6 Å². The van der Waals surface area contributed by atoms with Gasteiger partial charge in [-0.05, 0) is 6.92 Å². The fourth-order valence-electron chi connectivity index (χ4n) is 1.43. The molecule has 0 radical (unpaired) electrons. The Morgan fingerprint density at radius 1 is 1.60 bits per heavy atom. The Balaban J connectivity index is 2.60. The molecule has 1 rings (SSSR count). The maximum atomic E-state index is 11.4. The second-order valence-electron chi connectivity index (χ2n) is 4.06. The quantitative estimate of drug-likeness (QED) is 0.646. The molecule has 1 saturated heterocycles. The molecule has 1 aliphatic rings. The smallest absolute Gasteiger partial charge is 0.318 e. The Labute approximate surface area is 89.6 Å². The van der Waals surface area contributed by atoms with E-state index < -0.39 is 0 Å². The van der Waals surface area contributed by atoms with Crippen molar-refractivity contribution in [3.63, 3.8) is 0 Å². The summed E-state index contributed by atoms with van der Waals surface area (Å²) in [6, 6.07) is -0.257. The van der Waals surface area contributed by atoms with Crippen LogP contribution in [0.25, 0.3) is 0 Å². The van der Waals surface area contributed by atoms with Crippen molar-refractivity contribution < 1.29 is 9.59 Å². The van der Waals surface area contributed by atoms with Gasteiger partial charge in [-0.2, -0.15) is 0 Å². The van der Waals surface area contributed by atoms with Crippen LogP contribution in [0.3, 0.4) is 0 Å². The lowest BCUT2D eigenvalue weighted by atomic mass is 10.1. The van der Waals surface area contributed by atoms with Gasteiger partial charge in [-0.1, -0.05) is 0 Å². The molecular formula is C9H18N4O2. The Morgan fingerprint density at radius 3 is 2.73 bits per heavy atom. The fourth-order valence-corrected chi connectivity index (χ4v) is 1.43. The van der Waals surface area contributed by atoms with E-state index in [1.165, 1.54) is 9.80 Å². The van der Waals surface area contributed by atoms with Gasteiger partial charge in [-0.25, -0.2) is 9.59 Å². The largest absolute Gasteiger partial charge is 0.335 e. The van der Waals surface area contributed by atoms with E-state index >= 15 is 0 Å². The normalized spacial score (nSPS) is 25.9. The number of hydrogen-bond acceptors (Lipinski definition) is 2. The van der Waals surface area contributed by atoms with Crippen LogP contribution in [-0.4, -0.2) is 55.2 Å². The third kappa shape index (κ3) is 2.74. The van der Waals surface area contributed by atoms with Crippen molar-refractivity contribution in [1.82, 2.24) is 20.4 Å². The molecule has 6 heteroatoms. The first-order valence-corrected chi connectivity index (χ1v) is 4.93. The molecule has 1 fully saturated rings. The molecule has 4 amide bonds. The van der Waals surface area contributed by atoms with Crippen molar-refractivity contribution in [3.8, 4) is 0 Å². The van der Waals surface area contributed by atoms with Gasteiger partial charge in [0.15, 0.2) is 0 Å². The monoisotopic (exact) mass is 214 g/mol. The zero-order valence-corrected chi connectivity index (χ0v) is 9.57. The molecule has 1 heterocycles. The van der Waals surface area contributed by atoms with Crippen LogP contribution in [0, 0.1) is 0 Å². The molecule has 0 aromatic carbocycles. The number of urea groups is 2. The van der Waals surface area contributed by atoms with Crippen LogP contribution in [0.5, 0.6) is 0 Å². The van der Waals surface area contributed by atoms with Crippen molar-refractivity contribution in [1.29, 1.82) is 0 Å². The molecule has 15 heavy (non-hydrogen) atoms. The Bertz CT molecular complexity index is 267. The van der Waals surface area contributed by atoms with E-state index in [0.717, 1.165) is 0 Å². The summed E-state index contributed by atoms with van der Waals surface area (Å²) in [6.45, 7) is 1.92. The van der Waals surface area contributed by atoms with Crippen molar-refractivity contribution in [3.05, 3.63) is 0 Å². The standard InChI is InChI=1S/C9H18N4O2/c1-6-5-7(11-8(14)12(2)3)13(4)9(15)10-6/h6-7H,5H2,1-4H3,(H,10,15)(H,11,14)/t6-,7-/m0/s1. The Hall–Kier alpha value is -1.46. The van der Waals surface area contributed by atoms with Gasteiger partial charge in [-0.3, -0.25) is 0 Å². The Morgan fingerprint density at radius 2 is 2.20 bits per heavy atom. The minimum absolute atomic E-state index is 0.0844. The van der Waals surface area contributed by atoms with E-state index in [0.29, 0.717) is 6.42 Å². The predicted octanol–water partition coefficient (Wildman–Crippen LogP) is 0.0173. The van der Waals surface area contributed by atoms with Gasteiger partial charge in [0.2, 0.25) is 0 Å². The van der Waals surface area contributed by atoms with Gasteiger partial charge in [0.1, 0.15) is 6.17 Å². The summed E-state index contributed by atoms with van der Waals surface area (Å²) in [5.41, 5.74) is 0. The van der Waals surface area contributed by atoms with Crippen LogP contribution >= 0.6 is 0 Å². The van der Waals surface area contributed by atoms with E-state index in [9.17, 15) is 9.59 Å². The molecule has 0 aliphatic carbocycles.